The first-order valence-electron chi connectivity index (χ1n) is 41.6. The summed E-state index contributed by atoms with van der Waals surface area (Å²) in [6.45, 7) is 32.8. The number of pyridine rings is 2. The Hall–Kier alpha value is -12.5. The van der Waals surface area contributed by atoms with E-state index in [-0.39, 0.29) is 35.5 Å². The SMILES string of the molecule is C=C(/C=C\c1ncc(C)[nH]1)c1cc(=O)n2cc(C3CCN(CC)CC3)ncc2n1.C=C(/C=C\c1ncc(C)[nH]1)c1cc(=O)n2cc(C3CCN(CCO)CC3)ncc2n1.Cc1cn2cc(-c3cc(=O)n4cc(C5CCN(C)CC5)ncc4n3)ccc2n1.Cc1cn2nc(-c3cc(=O)n4cc(N5CCC(N(C)CCO)CC5)cc(C)c4n3)cc2c(C)n1. The maximum absolute atomic E-state index is 13.1. The summed E-state index contributed by atoms with van der Waals surface area (Å²) in [7, 11) is 4.21. The lowest BCUT2D eigenvalue weighted by Crippen LogP contribution is -2.44. The number of hydrogen-bond donors (Lipinski definition) is 4. The van der Waals surface area contributed by atoms with Crippen LogP contribution in [0, 0.1) is 41.5 Å². The molecule has 121 heavy (non-hydrogen) atoms. The monoisotopic (exact) mass is 1630 g/mol. The molecule has 0 aromatic carbocycles. The van der Waals surface area contributed by atoms with Crippen LogP contribution in [0.4, 0.5) is 5.69 Å². The second-order valence-electron chi connectivity index (χ2n) is 32.2. The van der Waals surface area contributed by atoms with E-state index in [1.54, 1.807) is 77.4 Å². The summed E-state index contributed by atoms with van der Waals surface area (Å²) < 4.78 is 10.2. The van der Waals surface area contributed by atoms with Gasteiger partial charge in [-0.2, -0.15) is 5.10 Å². The molecule has 0 aliphatic carbocycles. The zero-order valence-electron chi connectivity index (χ0n) is 70.2. The number of allylic oxidation sites excluding steroid dienone is 4. The van der Waals surface area contributed by atoms with Gasteiger partial charge in [-0.3, -0.25) is 56.7 Å². The van der Waals surface area contributed by atoms with Gasteiger partial charge in [0.15, 0.2) is 16.9 Å². The van der Waals surface area contributed by atoms with Crippen LogP contribution in [0.5, 0.6) is 0 Å². The summed E-state index contributed by atoms with van der Waals surface area (Å²) in [5.74, 6) is 2.57. The van der Waals surface area contributed by atoms with E-state index in [1.807, 2.05) is 120 Å². The molecule has 4 saturated heterocycles. The maximum atomic E-state index is 13.1. The molecule has 0 radical (unpaired) electrons. The van der Waals surface area contributed by atoms with Crippen LogP contribution in [0.15, 0.2) is 167 Å². The number of aryl methyl sites for hydroxylation is 6. The molecular weight excluding hydrogens is 1530 g/mol. The molecule has 0 spiro atoms. The van der Waals surface area contributed by atoms with E-state index in [9.17, 15) is 24.3 Å². The second-order valence-corrected chi connectivity index (χ2v) is 32.2. The van der Waals surface area contributed by atoms with E-state index in [1.165, 1.54) is 12.1 Å². The van der Waals surface area contributed by atoms with Gasteiger partial charge in [0.05, 0.1) is 106 Å². The van der Waals surface area contributed by atoms with E-state index < -0.39 is 0 Å². The van der Waals surface area contributed by atoms with E-state index in [2.05, 4.69) is 130 Å². The topological polar surface area (TPSA) is 338 Å². The molecule has 0 atom stereocenters. The van der Waals surface area contributed by atoms with Crippen molar-refractivity contribution in [3.05, 3.63) is 264 Å². The number of likely N-dealkylation sites (tertiary alicyclic amines) is 3. The van der Waals surface area contributed by atoms with Gasteiger partial charge in [0.1, 0.15) is 28.6 Å². The molecule has 626 valence electrons. The van der Waals surface area contributed by atoms with Gasteiger partial charge in [-0.15, -0.1) is 0 Å². The van der Waals surface area contributed by atoms with Crippen molar-refractivity contribution < 1.29 is 10.2 Å². The Balaban J connectivity index is 0.000000126. The number of aliphatic hydroxyl groups excluding tert-OH is 2. The molecule has 14 aromatic rings. The number of nitrogens with one attached hydrogen (secondary N) is 2. The highest BCUT2D eigenvalue weighted by Crippen LogP contribution is 2.32. The first-order valence-corrected chi connectivity index (χ1v) is 41.6. The van der Waals surface area contributed by atoms with E-state index in [4.69, 9.17) is 10.1 Å². The number of H-pyrrole nitrogens is 2. The lowest BCUT2D eigenvalue weighted by molar-refractivity contribution is 0.162. The van der Waals surface area contributed by atoms with Gasteiger partial charge in [-0.05, 0) is 218 Å². The van der Waals surface area contributed by atoms with Crippen LogP contribution < -0.4 is 27.1 Å². The van der Waals surface area contributed by atoms with Crippen molar-refractivity contribution in [1.29, 1.82) is 0 Å². The standard InChI is InChI=1S/C25H31N7O2.C22H26N6O2.C22H26N6O.C21H22N6O/c1-16-11-20(30-7-5-19(6-8-30)29(4)9-10-33)15-31-24(34)13-21(27-25(16)31)22-12-23-18(3)26-17(2)14-32(23)28-22;1-15(3-4-20-24-12-16(2)25-20)18-11-22(30)28-14-19(23-13-21(28)26-18)17-5-7-27(8-6-17)9-10-29;1-4-27-9-7-17(8-10-27)19-14-28-21(13-23-19)26-18(11-22(28)29)15(2)5-6-20-24-12-16(3)25-20;1-14-11-26-12-16(3-4-19(26)23-14)17-9-21(28)27-13-18(22-10-20(27)24-17)15-5-7-25(2)8-6-15/h11-15,19,33H,5-10H2,1-4H3;3-4,11-14,17,29H,1,5-10H2,2H3,(H,24,25);5-6,11-14,17H,2,4,7-10H2,1,3H3,(H,24,25);3-4,9-13,15H,5-8H2,1-2H3/b;4-3-;6-5-;. The molecule has 0 unspecified atom stereocenters. The number of aromatic nitrogens is 20. The average Bonchev–Trinajstić information content (AvgIpc) is 1.77. The van der Waals surface area contributed by atoms with Crippen LogP contribution in [0.25, 0.3) is 79.7 Å². The van der Waals surface area contributed by atoms with Crippen molar-refractivity contribution in [2.24, 2.45) is 0 Å². The third-order valence-electron chi connectivity index (χ3n) is 23.4. The Bertz CT molecular complexity index is 6450. The number of aliphatic hydroxyl groups is 2. The molecule has 31 nitrogen and oxygen atoms in total. The highest BCUT2D eigenvalue weighted by molar-refractivity contribution is 5.76. The Morgan fingerprint density at radius 1 is 0.512 bits per heavy atom. The maximum Gasteiger partial charge on any atom is 0.258 e. The summed E-state index contributed by atoms with van der Waals surface area (Å²) in [5.41, 5.74) is 18.2. The fourth-order valence-corrected chi connectivity index (χ4v) is 16.4. The second kappa shape index (κ2) is 37.0. The predicted molar refractivity (Wildman–Crippen MR) is 471 cm³/mol. The lowest BCUT2D eigenvalue weighted by atomic mass is 9.94. The van der Waals surface area contributed by atoms with Gasteiger partial charge in [0.2, 0.25) is 0 Å². The molecule has 0 amide bonds. The van der Waals surface area contributed by atoms with E-state index in [0.29, 0.717) is 99.1 Å². The average molecular weight is 1630 g/mol. The van der Waals surface area contributed by atoms with Crippen molar-refractivity contribution in [1.82, 2.24) is 116 Å². The number of nitrogens with zero attached hydrogens (tertiary/aromatic N) is 23. The number of aromatic amines is 2. The number of likely N-dealkylation sites (N-methyl/N-ethyl adjacent to an activating group) is 1. The Labute approximate surface area is 699 Å². The normalized spacial score (nSPS) is 15.8. The summed E-state index contributed by atoms with van der Waals surface area (Å²) in [5, 5.41) is 22.9. The third-order valence-corrected chi connectivity index (χ3v) is 23.4. The van der Waals surface area contributed by atoms with Crippen LogP contribution in [0.2, 0.25) is 0 Å². The molecule has 0 bridgehead atoms. The predicted octanol–water partition coefficient (Wildman–Crippen LogP) is 9.81. The van der Waals surface area contributed by atoms with Crippen LogP contribution >= 0.6 is 0 Å². The van der Waals surface area contributed by atoms with Gasteiger partial charge < -0.3 is 49.1 Å². The first kappa shape index (κ1) is 83.5. The number of piperidine rings is 4. The number of β-amino-alcohol motifs (C(OH)–C–C–N with tert-alkyl or cyclic N) is 1. The molecule has 31 heteroatoms. The van der Waals surface area contributed by atoms with Crippen LogP contribution in [0.1, 0.15) is 150 Å². The largest absolute Gasteiger partial charge is 0.395 e. The smallest absolute Gasteiger partial charge is 0.258 e. The van der Waals surface area contributed by atoms with Crippen LogP contribution in [-0.2, 0) is 0 Å². The Morgan fingerprint density at radius 2 is 1.03 bits per heavy atom. The van der Waals surface area contributed by atoms with E-state index in [0.717, 1.165) is 195 Å². The molecule has 14 aromatic heterocycles. The fraction of sp³-hybridized carbons (Fsp3) is 0.378. The van der Waals surface area contributed by atoms with Crippen molar-refractivity contribution in [3.8, 4) is 22.6 Å². The zero-order chi connectivity index (χ0) is 84.7. The highest BCUT2D eigenvalue weighted by atomic mass is 16.3. The summed E-state index contributed by atoms with van der Waals surface area (Å²) >= 11 is 0. The van der Waals surface area contributed by atoms with Crippen LogP contribution in [0.3, 0.4) is 0 Å². The summed E-state index contributed by atoms with van der Waals surface area (Å²) in [6.07, 6.45) is 37.3. The minimum Gasteiger partial charge on any atom is -0.395 e. The molecule has 18 heterocycles. The van der Waals surface area contributed by atoms with Gasteiger partial charge >= 0.3 is 0 Å². The molecule has 0 saturated carbocycles. The van der Waals surface area contributed by atoms with Gasteiger partial charge in [-0.25, -0.2) is 39.4 Å². The molecule has 4 aliphatic rings. The quantitative estimate of drug-likeness (QED) is 0.0580. The molecule has 4 N–H and O–H groups in total. The lowest BCUT2D eigenvalue weighted by Gasteiger charge is -2.37. The number of hydrogen-bond acceptors (Lipinski definition) is 23. The van der Waals surface area contributed by atoms with Gasteiger partial charge in [0, 0.05) is 141 Å². The van der Waals surface area contributed by atoms with Crippen molar-refractivity contribution in [2.75, 3.05) is 104 Å². The summed E-state index contributed by atoms with van der Waals surface area (Å²) in [4.78, 5) is 119. The molecule has 4 aliphatic heterocycles. The molecule has 4 fully saturated rings. The first-order chi connectivity index (χ1) is 58.5. The van der Waals surface area contributed by atoms with Gasteiger partial charge in [0.25, 0.3) is 22.2 Å². The molecule has 18 rings (SSSR count). The minimum absolute atomic E-state index is 0.0847. The van der Waals surface area contributed by atoms with E-state index >= 15 is 0 Å². The number of imidazole rings is 3. The fourth-order valence-electron chi connectivity index (χ4n) is 16.4. The number of rotatable bonds is 18. The van der Waals surface area contributed by atoms with Crippen molar-refractivity contribution >= 4 is 62.7 Å². The van der Waals surface area contributed by atoms with Crippen molar-refractivity contribution in [3.63, 3.8) is 0 Å². The van der Waals surface area contributed by atoms with Gasteiger partial charge in [-0.1, -0.05) is 20.1 Å². The zero-order valence-corrected chi connectivity index (χ0v) is 70.2. The Kier molecular flexibility index (Phi) is 25.5. The minimum atomic E-state index is -0.153. The summed E-state index contributed by atoms with van der Waals surface area (Å²) in [6, 6.07) is 14.6. The third kappa shape index (κ3) is 19.5. The number of anilines is 1. The van der Waals surface area contributed by atoms with Crippen LogP contribution in [-0.4, -0.2) is 232 Å². The highest BCUT2D eigenvalue weighted by Gasteiger charge is 2.27. The van der Waals surface area contributed by atoms with Crippen molar-refractivity contribution in [2.45, 2.75) is 124 Å². The Morgan fingerprint density at radius 3 is 1.57 bits per heavy atom. The molecular formula is C90H105N25O6. The number of fused-ring (bicyclic) bond motifs is 6.